The molecule has 2 aromatic rings. The van der Waals surface area contributed by atoms with E-state index in [1.165, 1.54) is 0 Å². The van der Waals surface area contributed by atoms with Crippen molar-refractivity contribution in [3.63, 3.8) is 0 Å². The maximum atomic E-state index is 5.61. The summed E-state index contributed by atoms with van der Waals surface area (Å²) in [7, 11) is 0. The Balaban J connectivity index is 2.04. The van der Waals surface area contributed by atoms with Crippen molar-refractivity contribution in [2.45, 2.75) is 39.3 Å². The maximum Gasteiger partial charge on any atom is 0.248 e. The highest BCUT2D eigenvalue weighted by atomic mass is 16.5. The van der Waals surface area contributed by atoms with Crippen LogP contribution in [-0.4, -0.2) is 26.5 Å². The van der Waals surface area contributed by atoms with Crippen molar-refractivity contribution in [3.05, 3.63) is 24.1 Å². The lowest BCUT2D eigenvalue weighted by Crippen LogP contribution is -2.06. The molecule has 7 nitrogen and oxygen atoms in total. The van der Waals surface area contributed by atoms with Crippen molar-refractivity contribution in [2.24, 2.45) is 0 Å². The highest BCUT2D eigenvalue weighted by Crippen LogP contribution is 2.20. The molecule has 0 bridgehead atoms. The third-order valence-corrected chi connectivity index (χ3v) is 2.64. The van der Waals surface area contributed by atoms with Gasteiger partial charge in [0, 0.05) is 12.8 Å². The molecule has 0 saturated carbocycles. The van der Waals surface area contributed by atoms with Crippen molar-refractivity contribution in [3.8, 4) is 0 Å². The molecule has 7 heteroatoms. The molecule has 1 unspecified atom stereocenters. The Hall–Kier alpha value is -1.89. The zero-order chi connectivity index (χ0) is 13.7. The second-order valence-corrected chi connectivity index (χ2v) is 4.25. The minimum absolute atomic E-state index is 0.102. The van der Waals surface area contributed by atoms with E-state index in [1.807, 2.05) is 6.92 Å². The summed E-state index contributed by atoms with van der Waals surface area (Å²) in [6.07, 6.45) is 5.08. The summed E-state index contributed by atoms with van der Waals surface area (Å²) < 4.78 is 12.5. The Morgan fingerprint density at radius 1 is 1.47 bits per heavy atom. The second-order valence-electron chi connectivity index (χ2n) is 4.25. The molecule has 0 amide bonds. The normalized spacial score (nSPS) is 12.7. The summed E-state index contributed by atoms with van der Waals surface area (Å²) >= 11 is 0. The maximum absolute atomic E-state index is 5.61. The van der Waals surface area contributed by atoms with Crippen LogP contribution in [0, 0.1) is 0 Å². The van der Waals surface area contributed by atoms with E-state index in [0.29, 0.717) is 30.6 Å². The topological polar surface area (TPSA) is 92.0 Å². The molecule has 2 heterocycles. The third-order valence-electron chi connectivity index (χ3n) is 2.64. The van der Waals surface area contributed by atoms with Gasteiger partial charge in [-0.1, -0.05) is 18.5 Å². The Morgan fingerprint density at radius 3 is 2.95 bits per heavy atom. The van der Waals surface area contributed by atoms with E-state index in [2.05, 4.69) is 22.2 Å². The van der Waals surface area contributed by atoms with Crippen molar-refractivity contribution in [2.75, 3.05) is 12.3 Å². The first kappa shape index (κ1) is 13.5. The summed E-state index contributed by atoms with van der Waals surface area (Å²) in [6, 6.07) is 0. The van der Waals surface area contributed by atoms with Crippen LogP contribution in [0.15, 0.2) is 16.9 Å². The largest absolute Gasteiger partial charge is 0.396 e. The van der Waals surface area contributed by atoms with Gasteiger partial charge in [0.25, 0.3) is 0 Å². The van der Waals surface area contributed by atoms with Gasteiger partial charge in [0.15, 0.2) is 0 Å². The molecular weight excluding hydrogens is 246 g/mol. The quantitative estimate of drug-likeness (QED) is 0.820. The summed E-state index contributed by atoms with van der Waals surface area (Å²) in [5, 5.41) is 8.04. The van der Waals surface area contributed by atoms with E-state index in [1.54, 1.807) is 17.1 Å². The Morgan fingerprint density at radius 2 is 2.32 bits per heavy atom. The lowest BCUT2D eigenvalue weighted by Gasteiger charge is -2.11. The molecule has 19 heavy (non-hydrogen) atoms. The predicted molar refractivity (Wildman–Crippen MR) is 69.3 cm³/mol. The van der Waals surface area contributed by atoms with E-state index in [4.69, 9.17) is 15.0 Å². The minimum Gasteiger partial charge on any atom is -0.396 e. The molecule has 0 radical (unpaired) electrons. The molecule has 0 fully saturated rings. The number of anilines is 1. The van der Waals surface area contributed by atoms with Crippen LogP contribution in [0.4, 0.5) is 5.69 Å². The van der Waals surface area contributed by atoms with E-state index >= 15 is 0 Å². The Bertz CT molecular complexity index is 502. The van der Waals surface area contributed by atoms with Crippen LogP contribution >= 0.6 is 0 Å². The molecule has 0 spiro atoms. The van der Waals surface area contributed by atoms with Gasteiger partial charge in [-0.3, -0.25) is 4.68 Å². The number of ether oxygens (including phenoxy) is 1. The van der Waals surface area contributed by atoms with Gasteiger partial charge in [0.2, 0.25) is 11.7 Å². The zero-order valence-corrected chi connectivity index (χ0v) is 11.2. The molecule has 2 aromatic heterocycles. The Kier molecular flexibility index (Phi) is 4.51. The number of rotatable bonds is 7. The van der Waals surface area contributed by atoms with Crippen molar-refractivity contribution < 1.29 is 9.26 Å². The highest BCUT2D eigenvalue weighted by Gasteiger charge is 2.18. The fourth-order valence-electron chi connectivity index (χ4n) is 1.82. The fourth-order valence-corrected chi connectivity index (χ4v) is 1.82. The molecule has 2 N–H and O–H groups in total. The smallest absolute Gasteiger partial charge is 0.248 e. The lowest BCUT2D eigenvalue weighted by atomic mass is 10.2. The molecule has 0 aromatic carbocycles. The van der Waals surface area contributed by atoms with Gasteiger partial charge in [-0.15, -0.1) is 0 Å². The summed E-state index contributed by atoms with van der Waals surface area (Å²) in [5.74, 6) is 1.10. The Labute approximate surface area is 111 Å². The predicted octanol–water partition coefficient (Wildman–Crippen LogP) is 1.77. The van der Waals surface area contributed by atoms with Gasteiger partial charge in [-0.05, 0) is 13.3 Å². The van der Waals surface area contributed by atoms with Crippen molar-refractivity contribution in [1.29, 1.82) is 0 Å². The second kappa shape index (κ2) is 6.33. The minimum atomic E-state index is -0.102. The molecule has 2 rings (SSSR count). The molecule has 0 aliphatic heterocycles. The first-order valence-corrected chi connectivity index (χ1v) is 6.45. The van der Waals surface area contributed by atoms with Gasteiger partial charge in [-0.25, -0.2) is 0 Å². The number of hydrogen-bond donors (Lipinski definition) is 1. The van der Waals surface area contributed by atoms with Crippen molar-refractivity contribution >= 4 is 5.69 Å². The number of hydrogen-bond acceptors (Lipinski definition) is 6. The van der Waals surface area contributed by atoms with E-state index < -0.39 is 0 Å². The SMILES string of the molecule is CCCC(OCC)c1noc(Cn2cc(N)cn2)n1. The standard InChI is InChI=1S/C12H19N5O2/c1-3-5-10(18-4-2)12-15-11(19-16-12)8-17-7-9(13)6-14-17/h6-7,10H,3-5,8,13H2,1-2H3. The molecule has 1 atom stereocenters. The average Bonchev–Trinajstić information content (AvgIpc) is 2.99. The van der Waals surface area contributed by atoms with Gasteiger partial charge >= 0.3 is 0 Å². The molecule has 0 saturated heterocycles. The highest BCUT2D eigenvalue weighted by molar-refractivity contribution is 5.30. The van der Waals surface area contributed by atoms with Crippen LogP contribution in [0.3, 0.4) is 0 Å². The monoisotopic (exact) mass is 265 g/mol. The van der Waals surface area contributed by atoms with Crippen molar-refractivity contribution in [1.82, 2.24) is 19.9 Å². The van der Waals surface area contributed by atoms with Crippen LogP contribution in [0.1, 0.15) is 44.5 Å². The number of nitrogens with two attached hydrogens (primary N) is 1. The van der Waals surface area contributed by atoms with Crippen LogP contribution < -0.4 is 5.73 Å². The van der Waals surface area contributed by atoms with E-state index in [0.717, 1.165) is 12.8 Å². The van der Waals surface area contributed by atoms with Crippen LogP contribution in [0.5, 0.6) is 0 Å². The van der Waals surface area contributed by atoms with Gasteiger partial charge in [0.1, 0.15) is 12.6 Å². The molecule has 0 aliphatic carbocycles. The first-order valence-electron chi connectivity index (χ1n) is 6.45. The molecular formula is C12H19N5O2. The first-order chi connectivity index (χ1) is 9.22. The van der Waals surface area contributed by atoms with E-state index in [9.17, 15) is 0 Å². The molecule has 0 aliphatic rings. The van der Waals surface area contributed by atoms with Crippen LogP contribution in [0.2, 0.25) is 0 Å². The summed E-state index contributed by atoms with van der Waals surface area (Å²) in [6.45, 7) is 5.09. The van der Waals surface area contributed by atoms with Gasteiger partial charge < -0.3 is 15.0 Å². The summed E-state index contributed by atoms with van der Waals surface area (Å²) in [5.41, 5.74) is 6.20. The number of nitrogen functional groups attached to an aromatic ring is 1. The number of nitrogens with zero attached hydrogens (tertiary/aromatic N) is 4. The van der Waals surface area contributed by atoms with Gasteiger partial charge in [-0.2, -0.15) is 10.1 Å². The van der Waals surface area contributed by atoms with Gasteiger partial charge in [0.05, 0.1) is 11.9 Å². The number of aromatic nitrogens is 4. The van der Waals surface area contributed by atoms with Crippen LogP contribution in [-0.2, 0) is 11.3 Å². The summed E-state index contributed by atoms with van der Waals surface area (Å²) in [4.78, 5) is 4.35. The van der Waals surface area contributed by atoms with E-state index in [-0.39, 0.29) is 6.10 Å². The average molecular weight is 265 g/mol. The molecule has 104 valence electrons. The lowest BCUT2D eigenvalue weighted by molar-refractivity contribution is 0.0477. The fraction of sp³-hybridized carbons (Fsp3) is 0.583. The zero-order valence-electron chi connectivity index (χ0n) is 11.2. The van der Waals surface area contributed by atoms with Crippen LogP contribution in [0.25, 0.3) is 0 Å². The third kappa shape index (κ3) is 3.54.